The third-order valence-corrected chi connectivity index (χ3v) is 2.56. The highest BCUT2D eigenvalue weighted by Gasteiger charge is 2.02. The molecule has 0 aliphatic carbocycles. The number of benzene rings is 1. The fourth-order valence-corrected chi connectivity index (χ4v) is 1.36. The molecule has 2 N–H and O–H groups in total. The Morgan fingerprint density at radius 1 is 1.25 bits per heavy atom. The molecule has 0 fully saturated rings. The van der Waals surface area contributed by atoms with Crippen LogP contribution in [0.1, 0.15) is 15.9 Å². The Hall–Kier alpha value is -1.36. The molecule has 5 heteroatoms. The van der Waals surface area contributed by atoms with Gasteiger partial charge in [-0.2, -0.15) is 0 Å². The van der Waals surface area contributed by atoms with Crippen LogP contribution in [0, 0.1) is 0 Å². The SMILES string of the molecule is CNC(=O)c1ccc(CNC(=O)CBr)cc1. The quantitative estimate of drug-likeness (QED) is 0.813. The Balaban J connectivity index is 2.58. The first kappa shape index (κ1) is 12.7. The van der Waals surface area contributed by atoms with E-state index in [0.29, 0.717) is 17.4 Å². The Morgan fingerprint density at radius 3 is 2.38 bits per heavy atom. The summed E-state index contributed by atoms with van der Waals surface area (Å²) in [4.78, 5) is 22.2. The third-order valence-electron chi connectivity index (χ3n) is 2.05. The number of carbonyl (C=O) groups is 2. The van der Waals surface area contributed by atoms with Crippen molar-refractivity contribution in [3.05, 3.63) is 35.4 Å². The zero-order valence-corrected chi connectivity index (χ0v) is 10.5. The maximum absolute atomic E-state index is 11.3. The smallest absolute Gasteiger partial charge is 0.251 e. The fourth-order valence-electron chi connectivity index (χ4n) is 1.17. The summed E-state index contributed by atoms with van der Waals surface area (Å²) in [5, 5.41) is 5.57. The Labute approximate surface area is 103 Å². The number of alkyl halides is 1. The van der Waals surface area contributed by atoms with Crippen LogP contribution in [0.3, 0.4) is 0 Å². The van der Waals surface area contributed by atoms with Crippen LogP contribution >= 0.6 is 15.9 Å². The van der Waals surface area contributed by atoms with Crippen LogP contribution in [0.2, 0.25) is 0 Å². The topological polar surface area (TPSA) is 58.2 Å². The molecule has 0 unspecified atom stereocenters. The first-order valence-electron chi connectivity index (χ1n) is 4.81. The molecular formula is C11H13BrN2O2. The van der Waals surface area contributed by atoms with Gasteiger partial charge in [-0.05, 0) is 17.7 Å². The summed E-state index contributed by atoms with van der Waals surface area (Å²) in [5.74, 6) is -0.175. The van der Waals surface area contributed by atoms with Gasteiger partial charge in [0.2, 0.25) is 5.91 Å². The maximum Gasteiger partial charge on any atom is 0.251 e. The molecule has 0 saturated heterocycles. The van der Waals surface area contributed by atoms with Gasteiger partial charge in [0.05, 0.1) is 5.33 Å². The summed E-state index contributed by atoms with van der Waals surface area (Å²) in [6.07, 6.45) is 0. The van der Waals surface area contributed by atoms with Crippen molar-refractivity contribution in [1.82, 2.24) is 10.6 Å². The van der Waals surface area contributed by atoms with Gasteiger partial charge < -0.3 is 10.6 Å². The largest absolute Gasteiger partial charge is 0.355 e. The molecule has 0 spiro atoms. The molecule has 0 heterocycles. The number of amides is 2. The van der Waals surface area contributed by atoms with Crippen LogP contribution < -0.4 is 10.6 Å². The molecule has 2 amide bonds. The van der Waals surface area contributed by atoms with Gasteiger partial charge >= 0.3 is 0 Å². The Bertz CT molecular complexity index is 376. The minimum Gasteiger partial charge on any atom is -0.355 e. The van der Waals surface area contributed by atoms with Gasteiger partial charge in [-0.25, -0.2) is 0 Å². The molecule has 0 radical (unpaired) electrons. The molecule has 1 aromatic carbocycles. The van der Waals surface area contributed by atoms with Gasteiger partial charge in [0.15, 0.2) is 0 Å². The standard InChI is InChI=1S/C11H13BrN2O2/c1-13-11(16)9-4-2-8(3-5-9)7-14-10(15)6-12/h2-5H,6-7H2,1H3,(H,13,16)(H,14,15). The summed E-state index contributed by atoms with van der Waals surface area (Å²) >= 11 is 3.06. The molecule has 0 saturated carbocycles. The van der Waals surface area contributed by atoms with Gasteiger partial charge in [0.1, 0.15) is 0 Å². The van der Waals surface area contributed by atoms with E-state index >= 15 is 0 Å². The lowest BCUT2D eigenvalue weighted by atomic mass is 10.1. The lowest BCUT2D eigenvalue weighted by Gasteiger charge is -2.04. The number of rotatable bonds is 4. The molecule has 0 aliphatic rings. The number of halogens is 1. The van der Waals surface area contributed by atoms with Crippen LogP contribution in [0.15, 0.2) is 24.3 Å². The van der Waals surface area contributed by atoms with E-state index in [2.05, 4.69) is 26.6 Å². The Morgan fingerprint density at radius 2 is 1.88 bits per heavy atom. The van der Waals surface area contributed by atoms with Crippen molar-refractivity contribution >= 4 is 27.7 Å². The van der Waals surface area contributed by atoms with Crippen LogP contribution in [-0.2, 0) is 11.3 Å². The lowest BCUT2D eigenvalue weighted by molar-refractivity contribution is -0.118. The fraction of sp³-hybridized carbons (Fsp3) is 0.273. The van der Waals surface area contributed by atoms with E-state index in [1.807, 2.05) is 12.1 Å². The number of hydrogen-bond acceptors (Lipinski definition) is 2. The van der Waals surface area contributed by atoms with Crippen molar-refractivity contribution in [3.8, 4) is 0 Å². The van der Waals surface area contributed by atoms with Crippen LogP contribution in [0.4, 0.5) is 0 Å². The average Bonchev–Trinajstić information content (AvgIpc) is 2.35. The average molecular weight is 285 g/mol. The van der Waals surface area contributed by atoms with Gasteiger partial charge in [-0.15, -0.1) is 0 Å². The second-order valence-corrected chi connectivity index (χ2v) is 3.75. The maximum atomic E-state index is 11.3. The minimum atomic E-state index is -0.115. The Kier molecular flexibility index (Phi) is 4.98. The molecule has 1 rings (SSSR count). The predicted octanol–water partition coefficient (Wildman–Crippen LogP) is 1.06. The van der Waals surface area contributed by atoms with E-state index in [0.717, 1.165) is 5.56 Å². The van der Waals surface area contributed by atoms with Crippen LogP contribution in [0.5, 0.6) is 0 Å². The summed E-state index contributed by atoms with van der Waals surface area (Å²) in [6, 6.07) is 7.10. The molecule has 86 valence electrons. The monoisotopic (exact) mass is 284 g/mol. The highest BCUT2D eigenvalue weighted by Crippen LogP contribution is 2.04. The first-order valence-corrected chi connectivity index (χ1v) is 5.93. The molecule has 0 bridgehead atoms. The minimum absolute atomic E-state index is 0.0598. The zero-order valence-electron chi connectivity index (χ0n) is 8.92. The third kappa shape index (κ3) is 3.66. The van der Waals surface area contributed by atoms with E-state index in [1.54, 1.807) is 19.2 Å². The predicted molar refractivity (Wildman–Crippen MR) is 65.5 cm³/mol. The number of hydrogen-bond donors (Lipinski definition) is 2. The first-order chi connectivity index (χ1) is 7.67. The van der Waals surface area contributed by atoms with Gasteiger partial charge in [0.25, 0.3) is 5.91 Å². The van der Waals surface area contributed by atoms with E-state index in [1.165, 1.54) is 0 Å². The van der Waals surface area contributed by atoms with E-state index in [4.69, 9.17) is 0 Å². The number of carbonyl (C=O) groups excluding carboxylic acids is 2. The van der Waals surface area contributed by atoms with Gasteiger partial charge in [-0.1, -0.05) is 28.1 Å². The molecule has 0 aliphatic heterocycles. The van der Waals surface area contributed by atoms with Crippen molar-refractivity contribution in [2.75, 3.05) is 12.4 Å². The molecule has 4 nitrogen and oxygen atoms in total. The second kappa shape index (κ2) is 6.27. The van der Waals surface area contributed by atoms with E-state index in [9.17, 15) is 9.59 Å². The van der Waals surface area contributed by atoms with E-state index < -0.39 is 0 Å². The molecule has 16 heavy (non-hydrogen) atoms. The summed E-state index contributed by atoms with van der Waals surface area (Å²) in [7, 11) is 1.59. The van der Waals surface area contributed by atoms with E-state index in [-0.39, 0.29) is 11.8 Å². The molecular weight excluding hydrogens is 272 g/mol. The van der Waals surface area contributed by atoms with Crippen LogP contribution in [-0.4, -0.2) is 24.2 Å². The van der Waals surface area contributed by atoms with Crippen molar-refractivity contribution < 1.29 is 9.59 Å². The van der Waals surface area contributed by atoms with Crippen molar-refractivity contribution in [2.24, 2.45) is 0 Å². The lowest BCUT2D eigenvalue weighted by Crippen LogP contribution is -2.23. The van der Waals surface area contributed by atoms with Crippen LogP contribution in [0.25, 0.3) is 0 Å². The summed E-state index contributed by atoms with van der Waals surface area (Å²) in [5.41, 5.74) is 1.57. The van der Waals surface area contributed by atoms with Gasteiger partial charge in [0, 0.05) is 19.2 Å². The molecule has 0 aromatic heterocycles. The van der Waals surface area contributed by atoms with Crippen molar-refractivity contribution in [2.45, 2.75) is 6.54 Å². The van der Waals surface area contributed by atoms with Crippen molar-refractivity contribution in [3.63, 3.8) is 0 Å². The summed E-state index contributed by atoms with van der Waals surface area (Å²) < 4.78 is 0. The zero-order chi connectivity index (χ0) is 12.0. The highest BCUT2D eigenvalue weighted by atomic mass is 79.9. The number of nitrogens with one attached hydrogen (secondary N) is 2. The second-order valence-electron chi connectivity index (χ2n) is 3.19. The molecule has 0 atom stereocenters. The van der Waals surface area contributed by atoms with Crippen molar-refractivity contribution in [1.29, 1.82) is 0 Å². The highest BCUT2D eigenvalue weighted by molar-refractivity contribution is 9.09. The summed E-state index contributed by atoms with van der Waals surface area (Å²) in [6.45, 7) is 0.471. The molecule has 1 aromatic rings. The normalized spacial score (nSPS) is 9.62. The van der Waals surface area contributed by atoms with Gasteiger partial charge in [-0.3, -0.25) is 9.59 Å².